The largest absolute Gasteiger partial charge is 0.292 e. The summed E-state index contributed by atoms with van der Waals surface area (Å²) in [5.41, 5.74) is 1.74. The minimum absolute atomic E-state index is 0.287. The van der Waals surface area contributed by atoms with Crippen LogP contribution in [0.25, 0.3) is 0 Å². The van der Waals surface area contributed by atoms with Crippen LogP contribution in [0, 0.1) is 6.92 Å². The van der Waals surface area contributed by atoms with Crippen molar-refractivity contribution in [1.29, 1.82) is 0 Å². The fourth-order valence-corrected chi connectivity index (χ4v) is 3.36. The van der Waals surface area contributed by atoms with Crippen LogP contribution in [0.15, 0.2) is 24.3 Å². The standard InChI is InChI=1S/C17H25NO/c1-4-17(5-2,18-11-6-7-12-18)16(19)15-10-8-9-14(3)13-15/h8-10,13H,4-7,11-12H2,1-3H3. The maximum Gasteiger partial charge on any atom is 0.183 e. The van der Waals surface area contributed by atoms with Gasteiger partial charge in [0.15, 0.2) is 5.78 Å². The number of ketones is 1. The molecule has 0 aromatic heterocycles. The molecule has 2 heteroatoms. The normalized spacial score (nSPS) is 16.8. The van der Waals surface area contributed by atoms with Crippen LogP contribution >= 0.6 is 0 Å². The Morgan fingerprint density at radius 1 is 1.21 bits per heavy atom. The molecule has 0 unspecified atom stereocenters. The van der Waals surface area contributed by atoms with Crippen molar-refractivity contribution in [3.8, 4) is 0 Å². The van der Waals surface area contributed by atoms with E-state index in [1.807, 2.05) is 31.2 Å². The van der Waals surface area contributed by atoms with Gasteiger partial charge in [0.1, 0.15) is 0 Å². The lowest BCUT2D eigenvalue weighted by molar-refractivity contribution is 0.0581. The molecule has 1 aliphatic heterocycles. The predicted octanol–water partition coefficient (Wildman–Crippen LogP) is 3.83. The lowest BCUT2D eigenvalue weighted by Gasteiger charge is -2.39. The van der Waals surface area contributed by atoms with E-state index in [1.54, 1.807) is 0 Å². The first kappa shape index (κ1) is 14.3. The lowest BCUT2D eigenvalue weighted by Crippen LogP contribution is -2.52. The van der Waals surface area contributed by atoms with Crippen LogP contribution in [0.2, 0.25) is 0 Å². The van der Waals surface area contributed by atoms with Crippen molar-refractivity contribution in [2.45, 2.75) is 52.0 Å². The van der Waals surface area contributed by atoms with Gasteiger partial charge in [-0.05, 0) is 51.8 Å². The molecule has 1 heterocycles. The molecular formula is C17H25NO. The zero-order chi connectivity index (χ0) is 13.9. The van der Waals surface area contributed by atoms with Crippen molar-refractivity contribution >= 4 is 5.78 Å². The van der Waals surface area contributed by atoms with E-state index in [9.17, 15) is 4.79 Å². The number of hydrogen-bond donors (Lipinski definition) is 0. The Morgan fingerprint density at radius 2 is 1.84 bits per heavy atom. The minimum atomic E-state index is -0.287. The summed E-state index contributed by atoms with van der Waals surface area (Å²) < 4.78 is 0. The first-order valence-corrected chi connectivity index (χ1v) is 7.50. The topological polar surface area (TPSA) is 20.3 Å². The second-order valence-corrected chi connectivity index (χ2v) is 5.63. The molecule has 1 aliphatic rings. The van der Waals surface area contributed by atoms with E-state index in [1.165, 1.54) is 12.8 Å². The number of hydrogen-bond acceptors (Lipinski definition) is 2. The third kappa shape index (κ3) is 2.59. The third-order valence-electron chi connectivity index (χ3n) is 4.58. The number of benzene rings is 1. The Hall–Kier alpha value is -1.15. The van der Waals surface area contributed by atoms with Gasteiger partial charge in [-0.25, -0.2) is 0 Å². The first-order chi connectivity index (χ1) is 9.14. The van der Waals surface area contributed by atoms with E-state index in [4.69, 9.17) is 0 Å². The molecule has 0 spiro atoms. The van der Waals surface area contributed by atoms with Gasteiger partial charge >= 0.3 is 0 Å². The average molecular weight is 259 g/mol. The Bertz CT molecular complexity index is 442. The van der Waals surface area contributed by atoms with E-state index < -0.39 is 0 Å². The quantitative estimate of drug-likeness (QED) is 0.749. The summed E-state index contributed by atoms with van der Waals surface area (Å²) in [6, 6.07) is 8.03. The number of aryl methyl sites for hydroxylation is 1. The Labute approximate surface area is 116 Å². The van der Waals surface area contributed by atoms with Crippen LogP contribution in [-0.4, -0.2) is 29.3 Å². The van der Waals surface area contributed by atoms with Gasteiger partial charge in [-0.2, -0.15) is 0 Å². The van der Waals surface area contributed by atoms with E-state index in [0.717, 1.165) is 37.1 Å². The van der Waals surface area contributed by atoms with Crippen molar-refractivity contribution in [3.05, 3.63) is 35.4 Å². The van der Waals surface area contributed by atoms with Gasteiger partial charge in [-0.15, -0.1) is 0 Å². The van der Waals surface area contributed by atoms with Crippen molar-refractivity contribution in [2.24, 2.45) is 0 Å². The molecule has 1 aromatic rings. The molecule has 0 amide bonds. The Morgan fingerprint density at radius 3 is 2.37 bits per heavy atom. The summed E-state index contributed by atoms with van der Waals surface area (Å²) in [6.07, 6.45) is 4.25. The van der Waals surface area contributed by atoms with Crippen LogP contribution in [0.1, 0.15) is 55.5 Å². The summed E-state index contributed by atoms with van der Waals surface area (Å²) in [5.74, 6) is 0.308. The maximum atomic E-state index is 13.0. The van der Waals surface area contributed by atoms with Crippen molar-refractivity contribution in [2.75, 3.05) is 13.1 Å². The minimum Gasteiger partial charge on any atom is -0.292 e. The number of nitrogens with zero attached hydrogens (tertiary/aromatic N) is 1. The highest BCUT2D eigenvalue weighted by atomic mass is 16.1. The SMILES string of the molecule is CCC(CC)(C(=O)c1cccc(C)c1)N1CCCC1. The molecule has 2 nitrogen and oxygen atoms in total. The molecular weight excluding hydrogens is 234 g/mol. The fourth-order valence-electron chi connectivity index (χ4n) is 3.36. The molecule has 1 saturated heterocycles. The molecule has 0 aliphatic carbocycles. The number of carbonyl (C=O) groups excluding carboxylic acids is 1. The van der Waals surface area contributed by atoms with E-state index in [2.05, 4.69) is 18.7 Å². The van der Waals surface area contributed by atoms with Gasteiger partial charge in [0.25, 0.3) is 0 Å². The average Bonchev–Trinajstić information content (AvgIpc) is 2.95. The Kier molecular flexibility index (Phi) is 4.41. The van der Waals surface area contributed by atoms with Gasteiger partial charge in [-0.3, -0.25) is 9.69 Å². The fraction of sp³-hybridized carbons (Fsp3) is 0.588. The molecule has 1 fully saturated rings. The van der Waals surface area contributed by atoms with Gasteiger partial charge in [-0.1, -0.05) is 37.6 Å². The first-order valence-electron chi connectivity index (χ1n) is 7.50. The monoisotopic (exact) mass is 259 g/mol. The van der Waals surface area contributed by atoms with Crippen molar-refractivity contribution in [1.82, 2.24) is 4.90 Å². The molecule has 0 N–H and O–H groups in total. The van der Waals surface area contributed by atoms with Gasteiger partial charge < -0.3 is 0 Å². The van der Waals surface area contributed by atoms with Crippen LogP contribution in [0.4, 0.5) is 0 Å². The number of carbonyl (C=O) groups is 1. The van der Waals surface area contributed by atoms with Crippen LogP contribution < -0.4 is 0 Å². The Balaban J connectivity index is 2.35. The summed E-state index contributed by atoms with van der Waals surface area (Å²) in [4.78, 5) is 15.4. The van der Waals surface area contributed by atoms with Crippen LogP contribution in [0.3, 0.4) is 0 Å². The second kappa shape index (κ2) is 5.87. The second-order valence-electron chi connectivity index (χ2n) is 5.63. The summed E-state index contributed by atoms with van der Waals surface area (Å²) in [6.45, 7) is 8.48. The lowest BCUT2D eigenvalue weighted by atomic mass is 9.82. The van der Waals surface area contributed by atoms with Crippen LogP contribution in [-0.2, 0) is 0 Å². The van der Waals surface area contributed by atoms with Gasteiger partial charge in [0, 0.05) is 5.56 Å². The molecule has 1 aromatic carbocycles. The van der Waals surface area contributed by atoms with Gasteiger partial charge in [0.05, 0.1) is 5.54 Å². The molecule has 0 saturated carbocycles. The predicted molar refractivity (Wildman–Crippen MR) is 79.6 cm³/mol. The molecule has 0 radical (unpaired) electrons. The summed E-state index contributed by atoms with van der Waals surface area (Å²) in [7, 11) is 0. The third-order valence-corrected chi connectivity index (χ3v) is 4.58. The zero-order valence-corrected chi connectivity index (χ0v) is 12.4. The molecule has 0 bridgehead atoms. The van der Waals surface area contributed by atoms with Gasteiger partial charge in [0.2, 0.25) is 0 Å². The van der Waals surface area contributed by atoms with E-state index in [-0.39, 0.29) is 5.54 Å². The van der Waals surface area contributed by atoms with E-state index >= 15 is 0 Å². The van der Waals surface area contributed by atoms with Crippen molar-refractivity contribution in [3.63, 3.8) is 0 Å². The molecule has 19 heavy (non-hydrogen) atoms. The number of Topliss-reactive ketones (excluding diaryl/α,β-unsaturated/α-hetero) is 1. The molecule has 104 valence electrons. The zero-order valence-electron chi connectivity index (χ0n) is 12.4. The highest BCUT2D eigenvalue weighted by Crippen LogP contribution is 2.31. The highest BCUT2D eigenvalue weighted by Gasteiger charge is 2.41. The van der Waals surface area contributed by atoms with Crippen molar-refractivity contribution < 1.29 is 4.79 Å². The summed E-state index contributed by atoms with van der Waals surface area (Å²) in [5, 5.41) is 0. The van der Waals surface area contributed by atoms with Crippen LogP contribution in [0.5, 0.6) is 0 Å². The smallest absolute Gasteiger partial charge is 0.183 e. The molecule has 2 rings (SSSR count). The maximum absolute atomic E-state index is 13.0. The number of likely N-dealkylation sites (tertiary alicyclic amines) is 1. The highest BCUT2D eigenvalue weighted by molar-refractivity contribution is 6.03. The van der Waals surface area contributed by atoms with E-state index in [0.29, 0.717) is 5.78 Å². The summed E-state index contributed by atoms with van der Waals surface area (Å²) >= 11 is 0. The molecule has 0 atom stereocenters. The number of rotatable bonds is 5.